The van der Waals surface area contributed by atoms with Crippen LogP contribution in [-0.4, -0.2) is 31.3 Å². The van der Waals surface area contributed by atoms with E-state index in [1.165, 1.54) is 5.39 Å². The Morgan fingerprint density at radius 1 is 1.03 bits per heavy atom. The van der Waals surface area contributed by atoms with E-state index in [1.807, 2.05) is 37.4 Å². The smallest absolute Gasteiger partial charge is 0.146 e. The number of aryl methyl sites for hydroxylation is 1. The Morgan fingerprint density at radius 3 is 2.72 bits per heavy atom. The van der Waals surface area contributed by atoms with Crippen LogP contribution in [0.2, 0.25) is 0 Å². The van der Waals surface area contributed by atoms with Gasteiger partial charge in [0.2, 0.25) is 0 Å². The highest BCUT2D eigenvalue weighted by Crippen LogP contribution is 2.27. The highest BCUT2D eigenvalue weighted by atomic mass is 16.7. The summed E-state index contributed by atoms with van der Waals surface area (Å²) in [7, 11) is 1.62. The lowest BCUT2D eigenvalue weighted by Gasteiger charge is -2.15. The number of aromatic nitrogens is 1. The van der Waals surface area contributed by atoms with Gasteiger partial charge in [0.25, 0.3) is 0 Å². The predicted molar refractivity (Wildman–Crippen MR) is 116 cm³/mol. The van der Waals surface area contributed by atoms with Gasteiger partial charge in [-0.25, -0.2) is 0 Å². The van der Waals surface area contributed by atoms with Crippen molar-refractivity contribution in [1.29, 1.82) is 0 Å². The Bertz CT molecular complexity index is 933. The Labute approximate surface area is 172 Å². The second-order valence-electron chi connectivity index (χ2n) is 7.35. The van der Waals surface area contributed by atoms with Crippen molar-refractivity contribution in [2.24, 2.45) is 0 Å². The van der Waals surface area contributed by atoms with Crippen LogP contribution in [0.4, 0.5) is 0 Å². The number of nitrogens with zero attached hydrogens (tertiary/aromatic N) is 1. The molecule has 4 heteroatoms. The third-order valence-electron chi connectivity index (χ3n) is 5.33. The van der Waals surface area contributed by atoms with Gasteiger partial charge < -0.3 is 9.47 Å². The van der Waals surface area contributed by atoms with Crippen LogP contribution in [0.1, 0.15) is 42.4 Å². The van der Waals surface area contributed by atoms with Gasteiger partial charge in [0.1, 0.15) is 12.6 Å². The van der Waals surface area contributed by atoms with Crippen LogP contribution in [0, 0.1) is 0 Å². The summed E-state index contributed by atoms with van der Waals surface area (Å²) in [4.78, 5) is 17.4. The van der Waals surface area contributed by atoms with Gasteiger partial charge >= 0.3 is 0 Å². The maximum absolute atomic E-state index is 13.1. The number of hydrogen-bond donors (Lipinski definition) is 0. The molecule has 3 aromatic rings. The standard InChI is InChI=1S/C25H29NO3/c1-19(23-12-7-10-20-8-3-4-11-24(20)23)25(27)16-21-13-14-26-17-22(21)9-5-6-15-29-18-28-2/h3-4,7-8,10-14,17,19H,5-6,9,15-16,18H2,1-2H3. The summed E-state index contributed by atoms with van der Waals surface area (Å²) in [5.74, 6) is 0.0850. The van der Waals surface area contributed by atoms with Crippen LogP contribution in [0.25, 0.3) is 10.8 Å². The summed E-state index contributed by atoms with van der Waals surface area (Å²) in [6, 6.07) is 16.4. The first-order chi connectivity index (χ1) is 14.2. The van der Waals surface area contributed by atoms with E-state index < -0.39 is 0 Å². The molecule has 0 aliphatic heterocycles. The Hall–Kier alpha value is -2.56. The molecule has 0 aliphatic carbocycles. The van der Waals surface area contributed by atoms with E-state index in [0.29, 0.717) is 19.8 Å². The van der Waals surface area contributed by atoms with E-state index >= 15 is 0 Å². The fourth-order valence-electron chi connectivity index (χ4n) is 3.66. The lowest BCUT2D eigenvalue weighted by Crippen LogP contribution is -2.14. The van der Waals surface area contributed by atoms with E-state index in [1.54, 1.807) is 13.3 Å². The van der Waals surface area contributed by atoms with Crippen molar-refractivity contribution in [3.05, 3.63) is 77.6 Å². The highest BCUT2D eigenvalue weighted by Gasteiger charge is 2.19. The number of pyridine rings is 1. The second kappa shape index (κ2) is 10.8. The second-order valence-corrected chi connectivity index (χ2v) is 7.35. The summed E-state index contributed by atoms with van der Waals surface area (Å²) in [6.45, 7) is 3.03. The van der Waals surface area contributed by atoms with E-state index in [4.69, 9.17) is 9.47 Å². The van der Waals surface area contributed by atoms with Crippen LogP contribution >= 0.6 is 0 Å². The number of hydrogen-bond acceptors (Lipinski definition) is 4. The number of ether oxygens (including phenoxy) is 2. The average molecular weight is 392 g/mol. The summed E-state index contributed by atoms with van der Waals surface area (Å²) in [6.07, 6.45) is 6.95. The van der Waals surface area contributed by atoms with E-state index in [9.17, 15) is 4.79 Å². The first kappa shape index (κ1) is 21.2. The molecule has 1 heterocycles. The molecule has 3 rings (SSSR count). The largest absolute Gasteiger partial charge is 0.359 e. The minimum atomic E-state index is -0.149. The molecule has 1 unspecified atom stereocenters. The summed E-state index contributed by atoms with van der Waals surface area (Å²) < 4.78 is 10.2. The van der Waals surface area contributed by atoms with Crippen LogP contribution in [0.5, 0.6) is 0 Å². The monoisotopic (exact) mass is 391 g/mol. The van der Waals surface area contributed by atoms with E-state index in [0.717, 1.165) is 41.3 Å². The molecule has 0 N–H and O–H groups in total. The van der Waals surface area contributed by atoms with Crippen molar-refractivity contribution in [3.8, 4) is 0 Å². The predicted octanol–water partition coefficient (Wildman–Crippen LogP) is 5.09. The molecule has 1 aromatic heterocycles. The van der Waals surface area contributed by atoms with Gasteiger partial charge in [-0.2, -0.15) is 0 Å². The van der Waals surface area contributed by atoms with Crippen LogP contribution in [-0.2, 0) is 27.1 Å². The molecule has 0 radical (unpaired) electrons. The first-order valence-electron chi connectivity index (χ1n) is 10.2. The van der Waals surface area contributed by atoms with Gasteiger partial charge in [0.05, 0.1) is 0 Å². The molecule has 0 bridgehead atoms. The average Bonchev–Trinajstić information content (AvgIpc) is 2.76. The van der Waals surface area contributed by atoms with Gasteiger partial charge in [-0.05, 0) is 52.8 Å². The lowest BCUT2D eigenvalue weighted by atomic mass is 9.88. The minimum absolute atomic E-state index is 0.149. The van der Waals surface area contributed by atoms with Crippen molar-refractivity contribution < 1.29 is 14.3 Å². The molecule has 0 saturated carbocycles. The maximum Gasteiger partial charge on any atom is 0.146 e. The number of benzene rings is 2. The van der Waals surface area contributed by atoms with Crippen molar-refractivity contribution in [1.82, 2.24) is 4.98 Å². The molecule has 0 amide bonds. The summed E-state index contributed by atoms with van der Waals surface area (Å²) in [5.41, 5.74) is 3.33. The van der Waals surface area contributed by atoms with Gasteiger partial charge in [0.15, 0.2) is 0 Å². The molecule has 0 fully saturated rings. The molecule has 2 aromatic carbocycles. The molecular weight excluding hydrogens is 362 g/mol. The Balaban J connectivity index is 1.66. The number of fused-ring (bicyclic) bond motifs is 1. The minimum Gasteiger partial charge on any atom is -0.359 e. The van der Waals surface area contributed by atoms with Crippen molar-refractivity contribution in [2.75, 3.05) is 20.5 Å². The molecule has 29 heavy (non-hydrogen) atoms. The molecule has 1 atom stereocenters. The third kappa shape index (κ3) is 5.72. The van der Waals surface area contributed by atoms with Gasteiger partial charge in [-0.3, -0.25) is 9.78 Å². The number of carbonyl (C=O) groups is 1. The van der Waals surface area contributed by atoms with Crippen LogP contribution < -0.4 is 0 Å². The van der Waals surface area contributed by atoms with Gasteiger partial charge in [-0.15, -0.1) is 0 Å². The zero-order valence-corrected chi connectivity index (χ0v) is 17.3. The van der Waals surface area contributed by atoms with E-state index in [2.05, 4.69) is 29.2 Å². The number of ketones is 1. The SMILES string of the molecule is COCOCCCCc1cnccc1CC(=O)C(C)c1cccc2ccccc12. The van der Waals surface area contributed by atoms with Gasteiger partial charge in [-0.1, -0.05) is 49.4 Å². The molecule has 0 saturated heterocycles. The number of unbranched alkanes of at least 4 members (excludes halogenated alkanes) is 1. The van der Waals surface area contributed by atoms with Crippen molar-refractivity contribution in [2.45, 2.75) is 38.5 Å². The number of carbonyl (C=O) groups excluding carboxylic acids is 1. The molecule has 4 nitrogen and oxygen atoms in total. The van der Waals surface area contributed by atoms with Crippen LogP contribution in [0.15, 0.2) is 60.9 Å². The normalized spacial score (nSPS) is 12.2. The first-order valence-corrected chi connectivity index (χ1v) is 10.2. The Kier molecular flexibility index (Phi) is 7.91. The van der Waals surface area contributed by atoms with Crippen molar-refractivity contribution >= 4 is 16.6 Å². The van der Waals surface area contributed by atoms with Crippen LogP contribution in [0.3, 0.4) is 0 Å². The topological polar surface area (TPSA) is 48.4 Å². The third-order valence-corrected chi connectivity index (χ3v) is 5.33. The number of rotatable bonds is 11. The summed E-state index contributed by atoms with van der Waals surface area (Å²) in [5, 5.41) is 2.33. The Morgan fingerprint density at radius 2 is 1.86 bits per heavy atom. The van der Waals surface area contributed by atoms with Crippen molar-refractivity contribution in [3.63, 3.8) is 0 Å². The quantitative estimate of drug-likeness (QED) is 0.337. The fourth-order valence-corrected chi connectivity index (χ4v) is 3.66. The molecule has 0 aliphatic rings. The highest BCUT2D eigenvalue weighted by molar-refractivity contribution is 5.94. The fraction of sp³-hybridized carbons (Fsp3) is 0.360. The zero-order chi connectivity index (χ0) is 20.5. The molecule has 152 valence electrons. The number of Topliss-reactive ketones (excluding diaryl/α,β-unsaturated/α-hetero) is 1. The number of methoxy groups -OCH3 is 1. The maximum atomic E-state index is 13.1. The molecule has 0 spiro atoms. The summed E-state index contributed by atoms with van der Waals surface area (Å²) >= 11 is 0. The molecular formula is C25H29NO3. The van der Waals surface area contributed by atoms with E-state index in [-0.39, 0.29) is 11.7 Å². The lowest BCUT2D eigenvalue weighted by molar-refractivity contribution is -0.119. The van der Waals surface area contributed by atoms with Gasteiger partial charge in [0, 0.05) is 38.4 Å². The zero-order valence-electron chi connectivity index (χ0n) is 17.3.